The largest absolute Gasteiger partial charge is 0.508 e. The summed E-state index contributed by atoms with van der Waals surface area (Å²) < 4.78 is 120. The highest BCUT2D eigenvalue weighted by Gasteiger charge is 2.82. The quantitative estimate of drug-likeness (QED) is 0.547. The first kappa shape index (κ1) is 20.2. The van der Waals surface area contributed by atoms with Crippen molar-refractivity contribution in [3.8, 4) is 22.6 Å². The molecule has 0 aliphatic heterocycles. The van der Waals surface area contributed by atoms with E-state index in [2.05, 4.69) is 0 Å². The fourth-order valence-corrected chi connectivity index (χ4v) is 3.13. The molecule has 0 amide bonds. The minimum absolute atomic E-state index is 0.142. The molecule has 2 nitrogen and oxygen atoms in total. The second-order valence-electron chi connectivity index (χ2n) is 6.22. The molecule has 28 heavy (non-hydrogen) atoms. The normalized spacial score (nSPS) is 14.8. The van der Waals surface area contributed by atoms with E-state index in [9.17, 15) is 49.7 Å². The first-order valence-electron chi connectivity index (χ1n) is 7.50. The van der Waals surface area contributed by atoms with Gasteiger partial charge in [-0.25, -0.2) is 0 Å². The zero-order chi connectivity index (χ0) is 21.3. The Morgan fingerprint density at radius 2 is 1.29 bits per heavy atom. The van der Waals surface area contributed by atoms with Crippen LogP contribution in [0.25, 0.3) is 11.1 Å². The van der Waals surface area contributed by atoms with Crippen LogP contribution >= 0.6 is 0 Å². The van der Waals surface area contributed by atoms with Gasteiger partial charge in [-0.3, -0.25) is 0 Å². The monoisotopic (exact) mass is 416 g/mol. The van der Waals surface area contributed by atoms with Gasteiger partial charge in [-0.1, -0.05) is 12.1 Å². The number of phenolic OH excluding ortho intramolecular Hbond substituents is 2. The molecule has 1 aliphatic rings. The standard InChI is InChI=1S/C17H9F9O2/c18-14(19,15(20,21)16(22,23)17(24,25)26)13-11-6-7-5-8(27)1-2-9(7)10(11)3-4-12(13)28/h1-5,27-28H,6H2. The molecule has 0 saturated heterocycles. The number of phenols is 2. The van der Waals surface area contributed by atoms with Crippen LogP contribution in [-0.2, 0) is 12.3 Å². The van der Waals surface area contributed by atoms with Gasteiger partial charge in [0.15, 0.2) is 0 Å². The summed E-state index contributed by atoms with van der Waals surface area (Å²) >= 11 is 0. The predicted molar refractivity (Wildman–Crippen MR) is 77.9 cm³/mol. The molecule has 0 spiro atoms. The molecule has 0 aromatic heterocycles. The molecule has 11 heteroatoms. The lowest BCUT2D eigenvalue weighted by Gasteiger charge is -2.34. The van der Waals surface area contributed by atoms with Crippen molar-refractivity contribution in [2.24, 2.45) is 0 Å². The van der Waals surface area contributed by atoms with Crippen molar-refractivity contribution in [3.63, 3.8) is 0 Å². The number of benzene rings is 2. The second kappa shape index (κ2) is 5.71. The minimum Gasteiger partial charge on any atom is -0.508 e. The summed E-state index contributed by atoms with van der Waals surface area (Å²) in [5.74, 6) is -21.9. The molecule has 2 aromatic carbocycles. The molecule has 3 rings (SSSR count). The van der Waals surface area contributed by atoms with Gasteiger partial charge in [0.1, 0.15) is 11.5 Å². The molecule has 2 N–H and O–H groups in total. The van der Waals surface area contributed by atoms with Crippen molar-refractivity contribution in [2.45, 2.75) is 30.4 Å². The van der Waals surface area contributed by atoms with Crippen molar-refractivity contribution in [1.29, 1.82) is 0 Å². The lowest BCUT2D eigenvalue weighted by atomic mass is 9.90. The molecule has 0 heterocycles. The minimum atomic E-state index is -7.07. The molecule has 1 aliphatic carbocycles. The highest BCUT2D eigenvalue weighted by atomic mass is 19.4. The molecule has 152 valence electrons. The molecule has 0 fully saturated rings. The summed E-state index contributed by atoms with van der Waals surface area (Å²) in [5.41, 5.74) is -2.59. The molecule has 0 radical (unpaired) electrons. The highest BCUT2D eigenvalue weighted by molar-refractivity contribution is 5.80. The van der Waals surface area contributed by atoms with Crippen molar-refractivity contribution in [1.82, 2.24) is 0 Å². The van der Waals surface area contributed by atoms with E-state index in [1.807, 2.05) is 0 Å². The predicted octanol–water partition coefficient (Wildman–Crippen LogP) is 5.59. The van der Waals surface area contributed by atoms with Gasteiger partial charge in [-0.05, 0) is 46.9 Å². The summed E-state index contributed by atoms with van der Waals surface area (Å²) in [6, 6.07) is 5.01. The van der Waals surface area contributed by atoms with Crippen molar-refractivity contribution in [3.05, 3.63) is 47.0 Å². The van der Waals surface area contributed by atoms with E-state index >= 15 is 0 Å². The Kier molecular flexibility index (Phi) is 4.11. The van der Waals surface area contributed by atoms with Crippen LogP contribution in [0.15, 0.2) is 30.3 Å². The number of rotatable bonds is 3. The van der Waals surface area contributed by atoms with Gasteiger partial charge < -0.3 is 10.2 Å². The molecular formula is C17H9F9O2. The van der Waals surface area contributed by atoms with Gasteiger partial charge in [0.05, 0.1) is 5.56 Å². The lowest BCUT2D eigenvalue weighted by molar-refractivity contribution is -0.399. The maximum atomic E-state index is 14.4. The lowest BCUT2D eigenvalue weighted by Crippen LogP contribution is -2.59. The Labute approximate surface area is 150 Å². The average Bonchev–Trinajstić information content (AvgIpc) is 2.89. The first-order chi connectivity index (χ1) is 12.6. The zero-order valence-electron chi connectivity index (χ0n) is 13.4. The number of hydrogen-bond donors (Lipinski definition) is 2. The highest BCUT2D eigenvalue weighted by Crippen LogP contribution is 2.59. The van der Waals surface area contributed by atoms with E-state index in [1.54, 1.807) is 0 Å². The summed E-state index contributed by atoms with van der Waals surface area (Å²) in [6.07, 6.45) is -7.55. The van der Waals surface area contributed by atoms with Crippen LogP contribution in [0.1, 0.15) is 16.7 Å². The van der Waals surface area contributed by atoms with Crippen LogP contribution in [0.2, 0.25) is 0 Å². The summed E-state index contributed by atoms with van der Waals surface area (Å²) in [7, 11) is 0. The van der Waals surface area contributed by atoms with Gasteiger partial charge in [-0.2, -0.15) is 39.5 Å². The van der Waals surface area contributed by atoms with Crippen LogP contribution in [0, 0.1) is 0 Å². The van der Waals surface area contributed by atoms with E-state index in [0.29, 0.717) is 6.07 Å². The van der Waals surface area contributed by atoms with Crippen LogP contribution in [-0.4, -0.2) is 28.2 Å². The maximum Gasteiger partial charge on any atom is 0.460 e. The van der Waals surface area contributed by atoms with Gasteiger partial charge >= 0.3 is 23.9 Å². The van der Waals surface area contributed by atoms with Crippen LogP contribution < -0.4 is 0 Å². The molecule has 0 bridgehead atoms. The fourth-order valence-electron chi connectivity index (χ4n) is 3.13. The third-order valence-corrected chi connectivity index (χ3v) is 4.50. The molecule has 0 saturated carbocycles. The number of fused-ring (bicyclic) bond motifs is 3. The fraction of sp³-hybridized carbons (Fsp3) is 0.294. The van der Waals surface area contributed by atoms with Gasteiger partial charge in [0.2, 0.25) is 0 Å². The third kappa shape index (κ3) is 2.51. The number of halogens is 9. The topological polar surface area (TPSA) is 40.5 Å². The van der Waals surface area contributed by atoms with Gasteiger partial charge in [0.25, 0.3) is 0 Å². The Balaban J connectivity index is 2.23. The van der Waals surface area contributed by atoms with Gasteiger partial charge in [0, 0.05) is 0 Å². The summed E-state index contributed by atoms with van der Waals surface area (Å²) in [4.78, 5) is 0. The van der Waals surface area contributed by atoms with Crippen molar-refractivity contribution in [2.75, 3.05) is 0 Å². The summed E-state index contributed by atoms with van der Waals surface area (Å²) in [6.45, 7) is 0. The second-order valence-corrected chi connectivity index (χ2v) is 6.22. The molecular weight excluding hydrogens is 407 g/mol. The molecule has 0 atom stereocenters. The van der Waals surface area contributed by atoms with E-state index in [-0.39, 0.29) is 22.4 Å². The van der Waals surface area contributed by atoms with E-state index in [0.717, 1.165) is 18.2 Å². The SMILES string of the molecule is Oc1ccc2c(c1)Cc1c-2ccc(O)c1C(F)(F)C(F)(F)C(F)(F)C(F)(F)F. The van der Waals surface area contributed by atoms with Gasteiger partial charge in [-0.15, -0.1) is 0 Å². The molecule has 0 unspecified atom stereocenters. The molecule has 2 aromatic rings. The third-order valence-electron chi connectivity index (χ3n) is 4.50. The van der Waals surface area contributed by atoms with Crippen LogP contribution in [0.5, 0.6) is 11.5 Å². The van der Waals surface area contributed by atoms with E-state index < -0.39 is 47.2 Å². The Morgan fingerprint density at radius 1 is 0.714 bits per heavy atom. The zero-order valence-corrected chi connectivity index (χ0v) is 13.4. The smallest absolute Gasteiger partial charge is 0.460 e. The number of aromatic hydroxyl groups is 2. The van der Waals surface area contributed by atoms with Crippen molar-refractivity contribution < 1.29 is 49.7 Å². The average molecular weight is 416 g/mol. The Morgan fingerprint density at radius 3 is 1.86 bits per heavy atom. The number of alkyl halides is 9. The number of hydrogen-bond acceptors (Lipinski definition) is 2. The first-order valence-corrected chi connectivity index (χ1v) is 7.50. The van der Waals surface area contributed by atoms with E-state index in [4.69, 9.17) is 0 Å². The Bertz CT molecular complexity index is 948. The summed E-state index contributed by atoms with van der Waals surface area (Å²) in [5, 5.41) is 19.1. The Hall–Kier alpha value is -2.59. The van der Waals surface area contributed by atoms with Crippen LogP contribution in [0.3, 0.4) is 0 Å². The van der Waals surface area contributed by atoms with E-state index in [1.165, 1.54) is 6.07 Å². The maximum absolute atomic E-state index is 14.4. The van der Waals surface area contributed by atoms with Crippen LogP contribution in [0.4, 0.5) is 39.5 Å². The van der Waals surface area contributed by atoms with Crippen molar-refractivity contribution >= 4 is 0 Å².